The van der Waals surface area contributed by atoms with E-state index in [1.807, 2.05) is 0 Å². The molecule has 1 aromatic rings. The zero-order valence-corrected chi connectivity index (χ0v) is 9.47. The van der Waals surface area contributed by atoms with Gasteiger partial charge in [0.1, 0.15) is 11.6 Å². The van der Waals surface area contributed by atoms with Gasteiger partial charge >= 0.3 is 6.18 Å². The zero-order valence-electron chi connectivity index (χ0n) is 9.47. The van der Waals surface area contributed by atoms with Crippen LogP contribution in [0.3, 0.4) is 0 Å². The van der Waals surface area contributed by atoms with Crippen molar-refractivity contribution in [3.8, 4) is 0 Å². The van der Waals surface area contributed by atoms with Crippen LogP contribution in [-0.4, -0.2) is 34.0 Å². The summed E-state index contributed by atoms with van der Waals surface area (Å²) < 4.78 is 37.3. The monoisotopic (exact) mass is 236 g/mol. The summed E-state index contributed by atoms with van der Waals surface area (Å²) in [7, 11) is 0. The first-order valence-electron chi connectivity index (χ1n) is 4.97. The van der Waals surface area contributed by atoms with Crippen molar-refractivity contribution in [1.82, 2.24) is 20.1 Å². The number of alkyl halides is 3. The van der Waals surface area contributed by atoms with Gasteiger partial charge in [0.2, 0.25) is 0 Å². The number of halogens is 3. The Bertz CT molecular complexity index is 345. The van der Waals surface area contributed by atoms with E-state index in [1.165, 1.54) is 0 Å². The third-order valence-corrected chi connectivity index (χ3v) is 2.09. The van der Waals surface area contributed by atoms with Crippen molar-refractivity contribution in [1.29, 1.82) is 0 Å². The summed E-state index contributed by atoms with van der Waals surface area (Å²) in [6.07, 6.45) is -4.17. The van der Waals surface area contributed by atoms with E-state index in [1.54, 1.807) is 25.5 Å². The van der Waals surface area contributed by atoms with E-state index in [2.05, 4.69) is 15.4 Å². The van der Waals surface area contributed by atoms with Gasteiger partial charge in [0.15, 0.2) is 0 Å². The summed E-state index contributed by atoms with van der Waals surface area (Å²) in [6.45, 7) is 4.55. The van der Waals surface area contributed by atoms with Gasteiger partial charge in [-0.3, -0.25) is 0 Å². The average molecular weight is 236 g/mol. The van der Waals surface area contributed by atoms with Gasteiger partial charge in [-0.25, -0.2) is 9.67 Å². The highest BCUT2D eigenvalue weighted by atomic mass is 19.4. The molecule has 0 saturated heterocycles. The lowest BCUT2D eigenvalue weighted by atomic mass is 10.3. The fourth-order valence-electron chi connectivity index (χ4n) is 1.46. The minimum atomic E-state index is -4.17. The van der Waals surface area contributed by atoms with Gasteiger partial charge in [-0.1, -0.05) is 0 Å². The van der Waals surface area contributed by atoms with E-state index in [9.17, 15) is 13.2 Å². The van der Waals surface area contributed by atoms with E-state index in [0.29, 0.717) is 11.6 Å². The SMILES string of the molecule is Cc1nc(C)n(C(C)CNCC(F)(F)F)n1. The minimum Gasteiger partial charge on any atom is -0.307 e. The molecule has 1 heterocycles. The molecule has 92 valence electrons. The van der Waals surface area contributed by atoms with Crippen LogP contribution in [0.15, 0.2) is 0 Å². The Hall–Kier alpha value is -1.11. The lowest BCUT2D eigenvalue weighted by molar-refractivity contribution is -0.125. The molecule has 1 rings (SSSR count). The molecule has 0 amide bonds. The van der Waals surface area contributed by atoms with E-state index in [0.717, 1.165) is 0 Å². The molecule has 16 heavy (non-hydrogen) atoms. The summed E-state index contributed by atoms with van der Waals surface area (Å²) >= 11 is 0. The van der Waals surface area contributed by atoms with E-state index < -0.39 is 12.7 Å². The third-order valence-electron chi connectivity index (χ3n) is 2.09. The number of aromatic nitrogens is 3. The maximum absolute atomic E-state index is 11.9. The molecule has 7 heteroatoms. The summed E-state index contributed by atoms with van der Waals surface area (Å²) in [4.78, 5) is 4.09. The largest absolute Gasteiger partial charge is 0.401 e. The fourth-order valence-corrected chi connectivity index (χ4v) is 1.46. The van der Waals surface area contributed by atoms with Crippen LogP contribution in [-0.2, 0) is 0 Å². The number of nitrogens with zero attached hydrogens (tertiary/aromatic N) is 3. The Morgan fingerprint density at radius 1 is 1.38 bits per heavy atom. The summed E-state index contributed by atoms with van der Waals surface area (Å²) in [6, 6.07) is -0.149. The molecule has 1 aromatic heterocycles. The molecule has 1 atom stereocenters. The highest BCUT2D eigenvalue weighted by molar-refractivity contribution is 4.90. The minimum absolute atomic E-state index is 0.149. The summed E-state index contributed by atoms with van der Waals surface area (Å²) in [5.74, 6) is 1.33. The molecular weight excluding hydrogens is 221 g/mol. The fraction of sp³-hybridized carbons (Fsp3) is 0.778. The van der Waals surface area contributed by atoms with Crippen LogP contribution in [0.1, 0.15) is 24.6 Å². The maximum Gasteiger partial charge on any atom is 0.401 e. The van der Waals surface area contributed by atoms with Gasteiger partial charge < -0.3 is 5.32 Å². The quantitative estimate of drug-likeness (QED) is 0.863. The van der Waals surface area contributed by atoms with Gasteiger partial charge in [-0.2, -0.15) is 18.3 Å². The van der Waals surface area contributed by atoms with Gasteiger partial charge in [-0.15, -0.1) is 0 Å². The van der Waals surface area contributed by atoms with Gasteiger partial charge in [0.05, 0.1) is 12.6 Å². The van der Waals surface area contributed by atoms with Crippen LogP contribution >= 0.6 is 0 Å². The van der Waals surface area contributed by atoms with Crippen LogP contribution in [0.2, 0.25) is 0 Å². The second-order valence-electron chi connectivity index (χ2n) is 3.75. The van der Waals surface area contributed by atoms with Crippen LogP contribution in [0, 0.1) is 13.8 Å². The van der Waals surface area contributed by atoms with Gasteiger partial charge in [0.25, 0.3) is 0 Å². The zero-order chi connectivity index (χ0) is 12.3. The highest BCUT2D eigenvalue weighted by Gasteiger charge is 2.26. The first kappa shape index (κ1) is 13.0. The Morgan fingerprint density at radius 3 is 2.44 bits per heavy atom. The molecule has 0 aliphatic rings. The predicted octanol–water partition coefficient (Wildman–Crippen LogP) is 1.61. The average Bonchev–Trinajstić information content (AvgIpc) is 2.43. The van der Waals surface area contributed by atoms with Crippen molar-refractivity contribution < 1.29 is 13.2 Å². The maximum atomic E-state index is 11.9. The first-order valence-corrected chi connectivity index (χ1v) is 4.97. The van der Waals surface area contributed by atoms with Crippen molar-refractivity contribution in [2.75, 3.05) is 13.1 Å². The van der Waals surface area contributed by atoms with Crippen molar-refractivity contribution in [3.05, 3.63) is 11.6 Å². The normalized spacial score (nSPS) is 14.1. The van der Waals surface area contributed by atoms with Gasteiger partial charge in [0, 0.05) is 6.54 Å². The van der Waals surface area contributed by atoms with E-state index in [4.69, 9.17) is 0 Å². The first-order chi connectivity index (χ1) is 7.29. The topological polar surface area (TPSA) is 42.7 Å². The number of aryl methyl sites for hydroxylation is 2. The number of hydrogen-bond donors (Lipinski definition) is 1. The molecule has 0 aromatic carbocycles. The van der Waals surface area contributed by atoms with Crippen LogP contribution in [0.25, 0.3) is 0 Å². The Morgan fingerprint density at radius 2 is 2.00 bits per heavy atom. The number of rotatable bonds is 4. The molecule has 0 fully saturated rings. The molecule has 0 spiro atoms. The Labute approximate surface area is 91.9 Å². The third kappa shape index (κ3) is 3.80. The number of nitrogens with one attached hydrogen (secondary N) is 1. The standard InChI is InChI=1S/C9H15F3N4/c1-6(4-13-5-9(10,11)12)16-8(3)14-7(2)15-16/h6,13H,4-5H2,1-3H3. The Balaban J connectivity index is 2.47. The molecule has 4 nitrogen and oxygen atoms in total. The molecule has 1 unspecified atom stereocenters. The highest BCUT2D eigenvalue weighted by Crippen LogP contribution is 2.13. The second-order valence-corrected chi connectivity index (χ2v) is 3.75. The van der Waals surface area contributed by atoms with Gasteiger partial charge in [-0.05, 0) is 20.8 Å². The molecule has 0 aliphatic carbocycles. The van der Waals surface area contributed by atoms with Crippen LogP contribution in [0.4, 0.5) is 13.2 Å². The smallest absolute Gasteiger partial charge is 0.307 e. The van der Waals surface area contributed by atoms with Crippen molar-refractivity contribution in [2.45, 2.75) is 33.0 Å². The summed E-state index contributed by atoms with van der Waals surface area (Å²) in [5.41, 5.74) is 0. The van der Waals surface area contributed by atoms with Crippen molar-refractivity contribution >= 4 is 0 Å². The Kier molecular flexibility index (Phi) is 3.90. The molecule has 1 N–H and O–H groups in total. The second kappa shape index (κ2) is 4.82. The van der Waals surface area contributed by atoms with Crippen LogP contribution in [0.5, 0.6) is 0 Å². The molecule has 0 aliphatic heterocycles. The molecule has 0 saturated carbocycles. The summed E-state index contributed by atoms with van der Waals surface area (Å²) in [5, 5.41) is 6.46. The molecule has 0 radical (unpaired) electrons. The predicted molar refractivity (Wildman–Crippen MR) is 53.1 cm³/mol. The number of hydrogen-bond acceptors (Lipinski definition) is 3. The van der Waals surface area contributed by atoms with Crippen LogP contribution < -0.4 is 5.32 Å². The molecular formula is C9H15F3N4. The lowest BCUT2D eigenvalue weighted by Crippen LogP contribution is -2.33. The van der Waals surface area contributed by atoms with Crippen molar-refractivity contribution in [2.24, 2.45) is 0 Å². The van der Waals surface area contributed by atoms with Crippen molar-refractivity contribution in [3.63, 3.8) is 0 Å². The van der Waals surface area contributed by atoms with E-state index in [-0.39, 0.29) is 12.6 Å². The van der Waals surface area contributed by atoms with E-state index >= 15 is 0 Å². The lowest BCUT2D eigenvalue weighted by Gasteiger charge is -2.15. The molecule has 0 bridgehead atoms.